The van der Waals surface area contributed by atoms with E-state index in [-0.39, 0.29) is 18.0 Å². The summed E-state index contributed by atoms with van der Waals surface area (Å²) >= 11 is 2.93. The molecule has 1 saturated heterocycles. The van der Waals surface area contributed by atoms with E-state index in [1.807, 2.05) is 24.5 Å². The molecule has 1 amide bonds. The van der Waals surface area contributed by atoms with Crippen LogP contribution < -0.4 is 4.90 Å². The Labute approximate surface area is 204 Å². The molecule has 2 aromatic carbocycles. The third-order valence-corrected chi connectivity index (χ3v) is 7.06. The highest BCUT2D eigenvalue weighted by molar-refractivity contribution is 7.98. The van der Waals surface area contributed by atoms with Crippen molar-refractivity contribution in [3.8, 4) is 0 Å². The van der Waals surface area contributed by atoms with Crippen LogP contribution in [0, 0.1) is 0 Å². The number of alkyl halides is 3. The van der Waals surface area contributed by atoms with Crippen molar-refractivity contribution < 1.29 is 22.7 Å². The lowest BCUT2D eigenvalue weighted by atomic mass is 10.1. The average molecular weight is 518 g/mol. The number of morpholine rings is 1. The van der Waals surface area contributed by atoms with Gasteiger partial charge in [0, 0.05) is 36.6 Å². The zero-order valence-electron chi connectivity index (χ0n) is 17.8. The first-order valence-electron chi connectivity index (χ1n) is 10.1. The highest BCUT2D eigenvalue weighted by atomic mass is 35.5. The molecule has 0 saturated carbocycles. The number of thiazole rings is 1. The van der Waals surface area contributed by atoms with Gasteiger partial charge in [-0.15, -0.1) is 24.2 Å². The summed E-state index contributed by atoms with van der Waals surface area (Å²) in [5.74, 6) is -0.492. The van der Waals surface area contributed by atoms with Gasteiger partial charge in [-0.05, 0) is 36.6 Å². The van der Waals surface area contributed by atoms with E-state index in [4.69, 9.17) is 9.72 Å². The van der Waals surface area contributed by atoms with Crippen LogP contribution in [0.25, 0.3) is 10.2 Å². The summed E-state index contributed by atoms with van der Waals surface area (Å²) < 4.78 is 45.9. The highest BCUT2D eigenvalue weighted by Gasteiger charge is 2.32. The number of amides is 1. The first-order valence-corrected chi connectivity index (χ1v) is 12.1. The Morgan fingerprint density at radius 1 is 1.21 bits per heavy atom. The van der Waals surface area contributed by atoms with Crippen molar-refractivity contribution in [2.75, 3.05) is 50.5 Å². The van der Waals surface area contributed by atoms with Crippen LogP contribution in [0.1, 0.15) is 15.9 Å². The van der Waals surface area contributed by atoms with Crippen molar-refractivity contribution in [3.63, 3.8) is 0 Å². The fourth-order valence-electron chi connectivity index (χ4n) is 3.53. The molecule has 0 N–H and O–H groups in total. The number of halogens is 4. The number of aromatic nitrogens is 1. The smallest absolute Gasteiger partial charge is 0.379 e. The van der Waals surface area contributed by atoms with E-state index >= 15 is 0 Å². The molecule has 3 aromatic rings. The van der Waals surface area contributed by atoms with Crippen LogP contribution in [-0.2, 0) is 10.9 Å². The van der Waals surface area contributed by atoms with Crippen molar-refractivity contribution in [1.82, 2.24) is 9.88 Å². The van der Waals surface area contributed by atoms with Gasteiger partial charge < -0.3 is 4.74 Å². The standard InChI is InChI=1S/C22H22F3N3O2S2.ClH/c1-31-17-6-3-7-18-19(17)26-21(32-18)28(9-8-27-10-12-30-13-11-27)20(29)15-4-2-5-16(14-15)22(23,24)25;/h2-7,14H,8-13H2,1H3;1H. The number of para-hydroxylation sites is 1. The predicted molar refractivity (Wildman–Crippen MR) is 129 cm³/mol. The molecule has 1 aromatic heterocycles. The number of hydrogen-bond acceptors (Lipinski definition) is 6. The van der Waals surface area contributed by atoms with Gasteiger partial charge in [0.2, 0.25) is 0 Å². The Hall–Kier alpha value is -1.85. The van der Waals surface area contributed by atoms with Crippen LogP contribution >= 0.6 is 35.5 Å². The minimum absolute atomic E-state index is 0. The molecule has 11 heteroatoms. The molecule has 1 aliphatic heterocycles. The van der Waals surface area contributed by atoms with Gasteiger partial charge in [-0.2, -0.15) is 13.2 Å². The number of carbonyl (C=O) groups excluding carboxylic acids is 1. The summed E-state index contributed by atoms with van der Waals surface area (Å²) in [6.07, 6.45) is -2.56. The quantitative estimate of drug-likeness (QED) is 0.408. The van der Waals surface area contributed by atoms with E-state index in [1.165, 1.54) is 28.4 Å². The zero-order valence-corrected chi connectivity index (χ0v) is 20.3. The molecule has 1 aliphatic rings. The number of benzene rings is 2. The maximum Gasteiger partial charge on any atom is 0.416 e. The van der Waals surface area contributed by atoms with Crippen molar-refractivity contribution in [2.45, 2.75) is 11.1 Å². The van der Waals surface area contributed by atoms with E-state index in [0.717, 1.165) is 40.3 Å². The van der Waals surface area contributed by atoms with Gasteiger partial charge >= 0.3 is 6.18 Å². The van der Waals surface area contributed by atoms with Gasteiger partial charge in [0.05, 0.1) is 29.0 Å². The summed E-state index contributed by atoms with van der Waals surface area (Å²) in [5, 5.41) is 0.483. The molecule has 0 atom stereocenters. The second-order valence-electron chi connectivity index (χ2n) is 7.29. The summed E-state index contributed by atoms with van der Waals surface area (Å²) in [6.45, 7) is 3.66. The molecule has 33 heavy (non-hydrogen) atoms. The molecule has 0 bridgehead atoms. The molecular formula is C22H23ClF3N3O2S2. The summed E-state index contributed by atoms with van der Waals surface area (Å²) in [6, 6.07) is 10.4. The first kappa shape index (κ1) is 25.8. The number of rotatable bonds is 6. The average Bonchev–Trinajstić information content (AvgIpc) is 3.23. The monoisotopic (exact) mass is 517 g/mol. The van der Waals surface area contributed by atoms with Gasteiger partial charge in [-0.1, -0.05) is 23.5 Å². The summed E-state index contributed by atoms with van der Waals surface area (Å²) in [5.41, 5.74) is -0.0511. The van der Waals surface area contributed by atoms with Gasteiger partial charge in [-0.25, -0.2) is 4.98 Å². The molecule has 1 fully saturated rings. The number of ether oxygens (including phenoxy) is 1. The van der Waals surface area contributed by atoms with Crippen LogP contribution in [0.15, 0.2) is 47.4 Å². The molecule has 0 aliphatic carbocycles. The topological polar surface area (TPSA) is 45.7 Å². The lowest BCUT2D eigenvalue weighted by molar-refractivity contribution is -0.137. The van der Waals surface area contributed by atoms with Gasteiger partial charge in [0.15, 0.2) is 5.13 Å². The highest BCUT2D eigenvalue weighted by Crippen LogP contribution is 2.35. The number of anilines is 1. The normalized spacial score (nSPS) is 14.8. The molecule has 0 radical (unpaired) electrons. The predicted octanol–water partition coefficient (Wildman–Crippen LogP) is 5.44. The number of nitrogens with zero attached hydrogens (tertiary/aromatic N) is 3. The number of hydrogen-bond donors (Lipinski definition) is 0. The maximum absolute atomic E-state index is 13.4. The Morgan fingerprint density at radius 2 is 1.94 bits per heavy atom. The lowest BCUT2D eigenvalue weighted by Crippen LogP contribution is -2.43. The van der Waals surface area contributed by atoms with E-state index in [1.54, 1.807) is 11.8 Å². The van der Waals surface area contributed by atoms with Crippen LogP contribution in [0.3, 0.4) is 0 Å². The van der Waals surface area contributed by atoms with Crippen LogP contribution in [0.4, 0.5) is 18.3 Å². The number of thioether (sulfide) groups is 1. The van der Waals surface area contributed by atoms with Crippen LogP contribution in [-0.4, -0.2) is 61.4 Å². The van der Waals surface area contributed by atoms with E-state index in [9.17, 15) is 18.0 Å². The Kier molecular flexibility index (Phi) is 8.63. The number of fused-ring (bicyclic) bond motifs is 1. The van der Waals surface area contributed by atoms with Crippen molar-refractivity contribution >= 4 is 56.8 Å². The van der Waals surface area contributed by atoms with E-state index in [2.05, 4.69) is 4.90 Å². The largest absolute Gasteiger partial charge is 0.416 e. The van der Waals surface area contributed by atoms with Crippen LogP contribution in [0.2, 0.25) is 0 Å². The molecule has 4 rings (SSSR count). The molecule has 178 valence electrons. The van der Waals surface area contributed by atoms with Gasteiger partial charge in [0.25, 0.3) is 5.91 Å². The second-order valence-corrected chi connectivity index (χ2v) is 9.15. The molecule has 0 unspecified atom stereocenters. The molecular weight excluding hydrogens is 495 g/mol. The second kappa shape index (κ2) is 11.1. The SMILES string of the molecule is CSc1cccc2sc(N(CCN3CCOCC3)C(=O)c3cccc(C(F)(F)F)c3)nc12.Cl. The van der Waals surface area contributed by atoms with E-state index < -0.39 is 17.6 Å². The zero-order chi connectivity index (χ0) is 22.7. The van der Waals surface area contributed by atoms with E-state index in [0.29, 0.717) is 31.4 Å². The first-order chi connectivity index (χ1) is 15.4. The minimum atomic E-state index is -4.52. The maximum atomic E-state index is 13.4. The molecule has 5 nitrogen and oxygen atoms in total. The molecule has 2 heterocycles. The van der Waals surface area contributed by atoms with Crippen LogP contribution in [0.5, 0.6) is 0 Å². The lowest BCUT2D eigenvalue weighted by Gasteiger charge is -2.29. The fourth-order valence-corrected chi connectivity index (χ4v) is 5.17. The fraction of sp³-hybridized carbons (Fsp3) is 0.364. The summed E-state index contributed by atoms with van der Waals surface area (Å²) in [7, 11) is 0. The van der Waals surface area contributed by atoms with Crippen molar-refractivity contribution in [1.29, 1.82) is 0 Å². The molecule has 0 spiro atoms. The van der Waals surface area contributed by atoms with Gasteiger partial charge in [0.1, 0.15) is 0 Å². The summed E-state index contributed by atoms with van der Waals surface area (Å²) in [4.78, 5) is 22.8. The Bertz CT molecular complexity index is 1100. The van der Waals surface area contributed by atoms with Crippen molar-refractivity contribution in [2.24, 2.45) is 0 Å². The Morgan fingerprint density at radius 3 is 2.64 bits per heavy atom. The van der Waals surface area contributed by atoms with Crippen molar-refractivity contribution in [3.05, 3.63) is 53.6 Å². The third-order valence-electron chi connectivity index (χ3n) is 5.25. The third kappa shape index (κ3) is 5.99. The van der Waals surface area contributed by atoms with Gasteiger partial charge in [-0.3, -0.25) is 14.6 Å². The number of carbonyl (C=O) groups is 1. The Balaban J connectivity index is 0.00000306. The minimum Gasteiger partial charge on any atom is -0.379 e.